The Morgan fingerprint density at radius 3 is 2.72 bits per heavy atom. The van der Waals surface area contributed by atoms with E-state index in [1.165, 1.54) is 27.4 Å². The summed E-state index contributed by atoms with van der Waals surface area (Å²) in [5.74, 6) is 0.980. The number of aromatic nitrogens is 3. The van der Waals surface area contributed by atoms with Crippen molar-refractivity contribution in [1.82, 2.24) is 19.5 Å². The average molecular weight is 453 g/mol. The molecule has 0 amide bonds. The van der Waals surface area contributed by atoms with Crippen molar-refractivity contribution in [3.8, 4) is 10.8 Å². The molecule has 3 heterocycles. The van der Waals surface area contributed by atoms with Crippen LogP contribution in [0.4, 0.5) is 0 Å². The monoisotopic (exact) mass is 452 g/mol. The van der Waals surface area contributed by atoms with E-state index in [1.54, 1.807) is 18.2 Å². The maximum absolute atomic E-state index is 12.8. The largest absolute Gasteiger partial charge is 0.410 e. The number of thiazole rings is 1. The van der Waals surface area contributed by atoms with E-state index in [-0.39, 0.29) is 0 Å². The highest BCUT2D eigenvalue weighted by atomic mass is 32.2. The zero-order chi connectivity index (χ0) is 20.4. The predicted octanol–water partition coefficient (Wildman–Crippen LogP) is 3.12. The molecule has 0 atom stereocenters. The van der Waals surface area contributed by atoms with E-state index in [0.717, 1.165) is 21.1 Å². The third kappa shape index (κ3) is 4.53. The zero-order valence-electron chi connectivity index (χ0n) is 16.0. The van der Waals surface area contributed by atoms with Gasteiger partial charge in [-0.2, -0.15) is 4.31 Å². The van der Waals surface area contributed by atoms with Gasteiger partial charge in [-0.1, -0.05) is 23.9 Å². The second-order valence-corrected chi connectivity index (χ2v) is 10.5. The minimum Gasteiger partial charge on any atom is -0.410 e. The van der Waals surface area contributed by atoms with E-state index in [1.807, 2.05) is 19.9 Å². The predicted molar refractivity (Wildman–Crippen MR) is 110 cm³/mol. The van der Waals surface area contributed by atoms with Gasteiger partial charge in [-0.25, -0.2) is 13.4 Å². The zero-order valence-corrected chi connectivity index (χ0v) is 18.4. The van der Waals surface area contributed by atoms with Crippen molar-refractivity contribution in [2.75, 3.05) is 26.3 Å². The lowest BCUT2D eigenvalue weighted by atomic mass is 10.2. The summed E-state index contributed by atoms with van der Waals surface area (Å²) >= 11 is 2.89. The molecule has 0 spiro atoms. The van der Waals surface area contributed by atoms with Crippen LogP contribution in [-0.4, -0.2) is 54.2 Å². The summed E-state index contributed by atoms with van der Waals surface area (Å²) in [6, 6.07) is 6.97. The Bertz CT molecular complexity index is 1100. The van der Waals surface area contributed by atoms with Crippen molar-refractivity contribution >= 4 is 33.1 Å². The van der Waals surface area contributed by atoms with Gasteiger partial charge in [0, 0.05) is 18.8 Å². The molecule has 29 heavy (non-hydrogen) atoms. The smallest absolute Gasteiger partial charge is 0.277 e. The van der Waals surface area contributed by atoms with Crippen molar-refractivity contribution < 1.29 is 17.6 Å². The fourth-order valence-electron chi connectivity index (χ4n) is 2.97. The van der Waals surface area contributed by atoms with Gasteiger partial charge >= 0.3 is 0 Å². The summed E-state index contributed by atoms with van der Waals surface area (Å²) in [4.78, 5) is 5.54. The highest BCUT2D eigenvalue weighted by Gasteiger charge is 2.26. The molecule has 1 saturated heterocycles. The van der Waals surface area contributed by atoms with Crippen molar-refractivity contribution in [3.05, 3.63) is 40.5 Å². The number of benzene rings is 1. The Morgan fingerprint density at radius 1 is 1.21 bits per heavy atom. The number of morpholine rings is 1. The molecule has 2 aromatic heterocycles. The normalized spacial score (nSPS) is 15.7. The Kier molecular flexibility index (Phi) is 6.02. The SMILES string of the molecule is Cc1nc(C)c(-c2nnc(SCc3cccc(S(=O)(=O)N4CCOCC4)c3)o2)s1. The van der Waals surface area contributed by atoms with Crippen LogP contribution in [0, 0.1) is 13.8 Å². The molecule has 1 aromatic carbocycles. The molecule has 0 aliphatic carbocycles. The topological polar surface area (TPSA) is 98.4 Å². The van der Waals surface area contributed by atoms with E-state index in [9.17, 15) is 8.42 Å². The number of aryl methyl sites for hydroxylation is 2. The van der Waals surface area contributed by atoms with Gasteiger partial charge in [0.25, 0.3) is 11.1 Å². The van der Waals surface area contributed by atoms with Gasteiger partial charge in [-0.05, 0) is 31.5 Å². The second-order valence-electron chi connectivity index (χ2n) is 6.47. The van der Waals surface area contributed by atoms with Crippen LogP contribution in [0.25, 0.3) is 10.8 Å². The van der Waals surface area contributed by atoms with Gasteiger partial charge in [0.05, 0.1) is 28.8 Å². The second kappa shape index (κ2) is 8.52. The van der Waals surface area contributed by atoms with Crippen LogP contribution in [0.1, 0.15) is 16.3 Å². The Labute approximate surface area is 177 Å². The van der Waals surface area contributed by atoms with Crippen molar-refractivity contribution in [3.63, 3.8) is 0 Å². The number of hydrogen-bond donors (Lipinski definition) is 0. The molecule has 11 heteroatoms. The molecule has 1 fully saturated rings. The summed E-state index contributed by atoms with van der Waals surface area (Å²) < 4.78 is 38.1. The summed E-state index contributed by atoms with van der Waals surface area (Å²) in [6.45, 7) is 5.45. The van der Waals surface area contributed by atoms with Crippen LogP contribution in [0.3, 0.4) is 0 Å². The number of hydrogen-bond acceptors (Lipinski definition) is 9. The van der Waals surface area contributed by atoms with Gasteiger partial charge in [0.2, 0.25) is 10.0 Å². The van der Waals surface area contributed by atoms with E-state index >= 15 is 0 Å². The molecule has 3 aromatic rings. The van der Waals surface area contributed by atoms with Crippen LogP contribution in [0.5, 0.6) is 0 Å². The van der Waals surface area contributed by atoms with Crippen molar-refractivity contribution in [2.45, 2.75) is 29.7 Å². The lowest BCUT2D eigenvalue weighted by molar-refractivity contribution is 0.0730. The van der Waals surface area contributed by atoms with Crippen LogP contribution in [0.2, 0.25) is 0 Å². The first-order chi connectivity index (χ1) is 13.9. The van der Waals surface area contributed by atoms with Crippen molar-refractivity contribution in [1.29, 1.82) is 0 Å². The van der Waals surface area contributed by atoms with E-state index in [2.05, 4.69) is 15.2 Å². The minimum atomic E-state index is -3.51. The number of sulfonamides is 1. The quantitative estimate of drug-likeness (QED) is 0.526. The van der Waals surface area contributed by atoms with Crippen LogP contribution >= 0.6 is 23.1 Å². The van der Waals surface area contributed by atoms with Crippen molar-refractivity contribution in [2.24, 2.45) is 0 Å². The molecular weight excluding hydrogens is 432 g/mol. The third-order valence-corrected chi connectivity index (χ3v) is 8.22. The maximum atomic E-state index is 12.8. The van der Waals surface area contributed by atoms with Crippen LogP contribution < -0.4 is 0 Å². The lowest BCUT2D eigenvalue weighted by Crippen LogP contribution is -2.40. The van der Waals surface area contributed by atoms with Gasteiger partial charge in [0.15, 0.2) is 0 Å². The lowest BCUT2D eigenvalue weighted by Gasteiger charge is -2.26. The standard InChI is InChI=1S/C18H20N4O4S3/c1-12-16(28-13(2)19-12)17-20-21-18(26-17)27-11-14-4-3-5-15(10-14)29(23,24)22-6-8-25-9-7-22/h3-5,10H,6-9,11H2,1-2H3. The molecule has 1 aliphatic rings. The van der Waals surface area contributed by atoms with E-state index < -0.39 is 10.0 Å². The van der Waals surface area contributed by atoms with Gasteiger partial charge in [-0.15, -0.1) is 21.5 Å². The molecule has 154 valence electrons. The summed E-state index contributed by atoms with van der Waals surface area (Å²) in [5, 5.41) is 9.58. The number of thioether (sulfide) groups is 1. The summed E-state index contributed by atoms with van der Waals surface area (Å²) in [5.41, 5.74) is 1.74. The Morgan fingerprint density at radius 2 is 2.00 bits per heavy atom. The molecule has 4 rings (SSSR count). The minimum absolute atomic E-state index is 0.291. The first kappa shape index (κ1) is 20.5. The fraction of sp³-hybridized carbons (Fsp3) is 0.389. The molecule has 0 N–H and O–H groups in total. The van der Waals surface area contributed by atoms with Crippen LogP contribution in [-0.2, 0) is 20.5 Å². The Balaban J connectivity index is 1.46. The van der Waals surface area contributed by atoms with E-state index in [4.69, 9.17) is 9.15 Å². The van der Waals surface area contributed by atoms with Gasteiger partial charge in [0.1, 0.15) is 4.88 Å². The molecular formula is C18H20N4O4S3. The summed E-state index contributed by atoms with van der Waals surface area (Å²) in [6.07, 6.45) is 0. The molecule has 1 aliphatic heterocycles. The number of rotatable bonds is 6. The third-order valence-electron chi connectivity index (χ3n) is 4.37. The molecule has 0 bridgehead atoms. The average Bonchev–Trinajstić information content (AvgIpc) is 3.33. The van der Waals surface area contributed by atoms with E-state index in [0.29, 0.717) is 48.1 Å². The Hall–Kier alpha value is -1.79. The highest BCUT2D eigenvalue weighted by molar-refractivity contribution is 7.98. The number of nitrogens with zero attached hydrogens (tertiary/aromatic N) is 4. The molecule has 0 saturated carbocycles. The maximum Gasteiger partial charge on any atom is 0.277 e. The fourth-order valence-corrected chi connectivity index (χ4v) is 5.99. The van der Waals surface area contributed by atoms with Gasteiger partial charge < -0.3 is 9.15 Å². The molecule has 0 unspecified atom stereocenters. The first-order valence-corrected chi connectivity index (χ1v) is 12.3. The van der Waals surface area contributed by atoms with Gasteiger partial charge in [-0.3, -0.25) is 0 Å². The first-order valence-electron chi connectivity index (χ1n) is 9.01. The number of ether oxygens (including phenoxy) is 1. The van der Waals surface area contributed by atoms with Crippen LogP contribution in [0.15, 0.2) is 38.8 Å². The summed E-state index contributed by atoms with van der Waals surface area (Å²) in [7, 11) is -3.51. The molecule has 0 radical (unpaired) electrons. The molecule has 8 nitrogen and oxygen atoms in total. The highest BCUT2D eigenvalue weighted by Crippen LogP contribution is 2.31.